The summed E-state index contributed by atoms with van der Waals surface area (Å²) in [5, 5.41) is 8.40. The number of thioether (sulfide) groups is 1. The highest BCUT2D eigenvalue weighted by Crippen LogP contribution is 2.38. The highest BCUT2D eigenvalue weighted by Gasteiger charge is 2.36. The molecule has 1 aromatic carbocycles. The summed E-state index contributed by atoms with van der Waals surface area (Å²) in [6.07, 6.45) is 1.79. The maximum Gasteiger partial charge on any atom is 0.161 e. The van der Waals surface area contributed by atoms with E-state index >= 15 is 0 Å². The zero-order valence-electron chi connectivity index (χ0n) is 10.4. The van der Waals surface area contributed by atoms with Crippen molar-refractivity contribution in [1.29, 1.82) is 0 Å². The lowest BCUT2D eigenvalue weighted by molar-refractivity contribution is 0.405. The molecule has 2 aliphatic rings. The number of aryl methyl sites for hydroxylation is 1. The molecule has 6 heteroatoms. The fourth-order valence-corrected chi connectivity index (χ4v) is 4.30. The number of thiocarbonyl (C=S) groups is 1. The zero-order valence-corrected chi connectivity index (χ0v) is 12.0. The number of rotatable bonds is 0. The summed E-state index contributed by atoms with van der Waals surface area (Å²) in [5.41, 5.74) is 3.43. The number of aromatic nitrogens is 3. The third kappa shape index (κ3) is 1.56. The van der Waals surface area contributed by atoms with Gasteiger partial charge in [-0.1, -0.05) is 23.8 Å². The molecule has 4 nitrogen and oxygen atoms in total. The molecule has 0 bridgehead atoms. The standard InChI is InChI=1S/C13H12N4S2/c1-8-2-3-10-9(4-8)13(18)17-7-19-5-11(17)12-15-14-6-16(10)12/h2-4,6,11H,5,7H2,1H3/t11-/m0/s1. The molecule has 0 amide bonds. The van der Waals surface area contributed by atoms with Crippen LogP contribution >= 0.6 is 24.0 Å². The normalized spacial score (nSPS) is 20.8. The van der Waals surface area contributed by atoms with Crippen LogP contribution in [0.3, 0.4) is 0 Å². The maximum atomic E-state index is 5.71. The van der Waals surface area contributed by atoms with E-state index in [-0.39, 0.29) is 6.04 Å². The molecular weight excluding hydrogens is 276 g/mol. The third-order valence-electron chi connectivity index (χ3n) is 3.66. The number of nitrogens with zero attached hydrogens (tertiary/aromatic N) is 4. The molecule has 3 heterocycles. The average molecular weight is 288 g/mol. The quantitative estimate of drug-likeness (QED) is 0.695. The van der Waals surface area contributed by atoms with E-state index in [0.29, 0.717) is 0 Å². The Balaban J connectivity index is 2.03. The van der Waals surface area contributed by atoms with Crippen molar-refractivity contribution in [2.75, 3.05) is 11.6 Å². The molecule has 19 heavy (non-hydrogen) atoms. The summed E-state index contributed by atoms with van der Waals surface area (Å²) in [6, 6.07) is 6.62. The van der Waals surface area contributed by atoms with Crippen molar-refractivity contribution in [3.63, 3.8) is 0 Å². The van der Waals surface area contributed by atoms with E-state index in [1.807, 2.05) is 11.8 Å². The van der Waals surface area contributed by atoms with Gasteiger partial charge in [0.2, 0.25) is 0 Å². The van der Waals surface area contributed by atoms with Crippen LogP contribution in [0.5, 0.6) is 0 Å². The predicted octanol–water partition coefficient (Wildman–Crippen LogP) is 2.31. The van der Waals surface area contributed by atoms with E-state index in [4.69, 9.17) is 12.2 Å². The van der Waals surface area contributed by atoms with Gasteiger partial charge in [-0.15, -0.1) is 22.0 Å². The number of hydrogen-bond donors (Lipinski definition) is 0. The lowest BCUT2D eigenvalue weighted by Gasteiger charge is -2.22. The summed E-state index contributed by atoms with van der Waals surface area (Å²) in [7, 11) is 0. The van der Waals surface area contributed by atoms with Gasteiger partial charge in [0.15, 0.2) is 5.82 Å². The molecule has 1 aromatic heterocycles. The second-order valence-electron chi connectivity index (χ2n) is 4.87. The molecule has 4 rings (SSSR count). The van der Waals surface area contributed by atoms with E-state index < -0.39 is 0 Å². The molecule has 0 saturated carbocycles. The van der Waals surface area contributed by atoms with E-state index in [1.165, 1.54) is 5.56 Å². The average Bonchev–Trinajstić information content (AvgIpc) is 3.04. The summed E-state index contributed by atoms with van der Waals surface area (Å²) in [4.78, 5) is 3.20. The first-order valence-corrected chi connectivity index (χ1v) is 7.71. The monoisotopic (exact) mass is 288 g/mol. The van der Waals surface area contributed by atoms with Crippen molar-refractivity contribution in [2.45, 2.75) is 13.0 Å². The van der Waals surface area contributed by atoms with Crippen LogP contribution in [0, 0.1) is 6.92 Å². The minimum absolute atomic E-state index is 0.243. The molecule has 0 aliphatic carbocycles. The van der Waals surface area contributed by atoms with Crippen molar-refractivity contribution in [3.8, 4) is 5.69 Å². The van der Waals surface area contributed by atoms with Gasteiger partial charge in [-0.05, 0) is 19.1 Å². The SMILES string of the molecule is Cc1ccc2c(c1)C(=S)N1CSC[C@H]1c1nncn1-2. The molecule has 0 unspecified atom stereocenters. The van der Waals surface area contributed by atoms with Gasteiger partial charge in [0, 0.05) is 11.3 Å². The molecule has 96 valence electrons. The Morgan fingerprint density at radius 3 is 3.21 bits per heavy atom. The molecule has 1 atom stereocenters. The first-order valence-electron chi connectivity index (χ1n) is 6.15. The molecule has 1 fully saturated rings. The zero-order chi connectivity index (χ0) is 13.0. The molecule has 1 saturated heterocycles. The molecule has 0 N–H and O–H groups in total. The minimum Gasteiger partial charge on any atom is -0.342 e. The van der Waals surface area contributed by atoms with Crippen LogP contribution in [0.1, 0.15) is 23.0 Å². The summed E-state index contributed by atoms with van der Waals surface area (Å²) < 4.78 is 2.08. The molecule has 0 spiro atoms. The van der Waals surface area contributed by atoms with Crippen molar-refractivity contribution >= 4 is 29.0 Å². The van der Waals surface area contributed by atoms with Gasteiger partial charge in [-0.2, -0.15) is 0 Å². The summed E-state index contributed by atoms with van der Waals surface area (Å²) >= 11 is 7.60. The van der Waals surface area contributed by atoms with Crippen molar-refractivity contribution in [1.82, 2.24) is 19.7 Å². The smallest absolute Gasteiger partial charge is 0.161 e. The van der Waals surface area contributed by atoms with Gasteiger partial charge in [-0.3, -0.25) is 4.57 Å². The number of hydrogen-bond acceptors (Lipinski definition) is 4. The van der Waals surface area contributed by atoms with Crippen LogP contribution in [0.15, 0.2) is 24.5 Å². The van der Waals surface area contributed by atoms with Crippen LogP contribution in [-0.4, -0.2) is 36.3 Å². The van der Waals surface area contributed by atoms with Gasteiger partial charge in [0.1, 0.15) is 17.4 Å². The lowest BCUT2D eigenvalue weighted by atomic mass is 10.1. The van der Waals surface area contributed by atoms with E-state index in [0.717, 1.165) is 33.7 Å². The Hall–Kier alpha value is -1.40. The number of benzene rings is 1. The number of fused-ring (bicyclic) bond motifs is 5. The fraction of sp³-hybridized carbons (Fsp3) is 0.308. The third-order valence-corrected chi connectivity index (χ3v) is 5.12. The van der Waals surface area contributed by atoms with E-state index in [2.05, 4.69) is 44.8 Å². The van der Waals surface area contributed by atoms with Crippen LogP contribution in [-0.2, 0) is 0 Å². The second-order valence-corrected chi connectivity index (χ2v) is 6.26. The summed E-state index contributed by atoms with van der Waals surface area (Å²) in [6.45, 7) is 2.09. The first-order chi connectivity index (χ1) is 9.25. The van der Waals surface area contributed by atoms with Crippen LogP contribution in [0.25, 0.3) is 5.69 Å². The van der Waals surface area contributed by atoms with Gasteiger partial charge in [0.25, 0.3) is 0 Å². The largest absolute Gasteiger partial charge is 0.342 e. The molecular formula is C13H12N4S2. The first kappa shape index (κ1) is 11.4. The highest BCUT2D eigenvalue weighted by molar-refractivity contribution is 7.99. The predicted molar refractivity (Wildman–Crippen MR) is 79.7 cm³/mol. The Morgan fingerprint density at radius 1 is 1.42 bits per heavy atom. The van der Waals surface area contributed by atoms with Crippen molar-refractivity contribution < 1.29 is 0 Å². The van der Waals surface area contributed by atoms with E-state index in [9.17, 15) is 0 Å². The van der Waals surface area contributed by atoms with Crippen molar-refractivity contribution in [2.24, 2.45) is 0 Å². The summed E-state index contributed by atoms with van der Waals surface area (Å²) in [5.74, 6) is 2.95. The topological polar surface area (TPSA) is 34.0 Å². The maximum absolute atomic E-state index is 5.71. The fourth-order valence-electron chi connectivity index (χ4n) is 2.70. The van der Waals surface area contributed by atoms with Crippen LogP contribution in [0.2, 0.25) is 0 Å². The van der Waals surface area contributed by atoms with E-state index in [1.54, 1.807) is 6.33 Å². The van der Waals surface area contributed by atoms with Gasteiger partial charge in [-0.25, -0.2) is 0 Å². The Bertz CT molecular complexity index is 679. The second kappa shape index (κ2) is 4.05. The van der Waals surface area contributed by atoms with Gasteiger partial charge < -0.3 is 4.90 Å². The van der Waals surface area contributed by atoms with Gasteiger partial charge >= 0.3 is 0 Å². The van der Waals surface area contributed by atoms with Crippen molar-refractivity contribution in [3.05, 3.63) is 41.5 Å². The van der Waals surface area contributed by atoms with Crippen LogP contribution < -0.4 is 0 Å². The molecule has 2 aliphatic heterocycles. The Kier molecular flexibility index (Phi) is 2.43. The lowest BCUT2D eigenvalue weighted by Crippen LogP contribution is -2.29. The highest BCUT2D eigenvalue weighted by atomic mass is 32.2. The Labute approximate surface area is 120 Å². The van der Waals surface area contributed by atoms with Gasteiger partial charge in [0.05, 0.1) is 11.6 Å². The molecule has 2 aromatic rings. The van der Waals surface area contributed by atoms with Crippen LogP contribution in [0.4, 0.5) is 0 Å². The minimum atomic E-state index is 0.243. The molecule has 0 radical (unpaired) electrons. The Morgan fingerprint density at radius 2 is 2.32 bits per heavy atom.